The number of nitrogens with zero attached hydrogens (tertiary/aromatic N) is 2. The zero-order valence-electron chi connectivity index (χ0n) is 14.9. The molecule has 138 valence electrons. The number of carboxylic acids is 1. The molecule has 3 heterocycles. The average Bonchev–Trinajstić information content (AvgIpc) is 3.06. The van der Waals surface area contributed by atoms with Crippen LogP contribution in [0.4, 0.5) is 10.5 Å². The summed E-state index contributed by atoms with van der Waals surface area (Å²) in [5.74, 6) is -1.05. The zero-order valence-corrected chi connectivity index (χ0v) is 14.9. The quantitative estimate of drug-likeness (QED) is 0.806. The fourth-order valence-electron chi connectivity index (χ4n) is 4.75. The van der Waals surface area contributed by atoms with Crippen LogP contribution in [0.5, 0.6) is 0 Å². The van der Waals surface area contributed by atoms with Gasteiger partial charge in [-0.05, 0) is 30.4 Å². The summed E-state index contributed by atoms with van der Waals surface area (Å²) in [6.07, 6.45) is 1.29. The Labute approximate surface area is 152 Å². The van der Waals surface area contributed by atoms with E-state index >= 15 is 0 Å². The summed E-state index contributed by atoms with van der Waals surface area (Å²) in [4.78, 5) is 39.3. The first-order valence-corrected chi connectivity index (χ1v) is 9.09. The van der Waals surface area contributed by atoms with Gasteiger partial charge in [-0.25, -0.2) is 4.79 Å². The predicted octanol–water partition coefficient (Wildman–Crippen LogP) is 2.10. The molecule has 0 aromatic heterocycles. The third-order valence-electron chi connectivity index (χ3n) is 5.71. The average molecular weight is 357 g/mol. The van der Waals surface area contributed by atoms with Crippen molar-refractivity contribution in [3.05, 3.63) is 29.8 Å². The highest BCUT2D eigenvalue weighted by Gasteiger charge is 2.57. The van der Waals surface area contributed by atoms with Crippen LogP contribution in [0.15, 0.2) is 24.3 Å². The van der Waals surface area contributed by atoms with Gasteiger partial charge in [0.1, 0.15) is 12.6 Å². The zero-order chi connectivity index (χ0) is 18.6. The Hall–Kier alpha value is -2.57. The number of carbonyl (C=O) groups excluding carboxylic acids is 2. The number of para-hydroxylation sites is 1. The smallest absolute Gasteiger partial charge is 0.328 e. The van der Waals surface area contributed by atoms with Gasteiger partial charge in [-0.1, -0.05) is 32.0 Å². The molecule has 2 fully saturated rings. The molecule has 0 radical (unpaired) electrons. The maximum atomic E-state index is 12.9. The number of anilines is 1. The van der Waals surface area contributed by atoms with E-state index in [4.69, 9.17) is 5.11 Å². The van der Waals surface area contributed by atoms with Crippen molar-refractivity contribution in [3.63, 3.8) is 0 Å². The van der Waals surface area contributed by atoms with Gasteiger partial charge in [-0.15, -0.1) is 0 Å². The van der Waals surface area contributed by atoms with Crippen LogP contribution in [0, 0.1) is 5.92 Å². The first kappa shape index (κ1) is 16.9. The number of urea groups is 1. The van der Waals surface area contributed by atoms with Crippen LogP contribution in [-0.4, -0.2) is 57.5 Å². The molecule has 7 heteroatoms. The van der Waals surface area contributed by atoms with Crippen molar-refractivity contribution in [2.75, 3.05) is 11.9 Å². The largest absolute Gasteiger partial charge is 0.480 e. The highest BCUT2D eigenvalue weighted by atomic mass is 16.4. The van der Waals surface area contributed by atoms with Crippen molar-refractivity contribution >= 4 is 23.6 Å². The number of nitrogens with one attached hydrogen (secondary N) is 1. The maximum Gasteiger partial charge on any atom is 0.328 e. The minimum atomic E-state index is -1.17. The minimum Gasteiger partial charge on any atom is -0.480 e. The fourth-order valence-corrected chi connectivity index (χ4v) is 4.75. The standard InChI is InChI=1S/C19H23N3O4/c1-10(2)7-14-17-12(11-5-3-4-6-13(11)20-17)8-15-18(25)21(9-16(23)24)19(26)22(14)15/h3-6,10,12,14-15,17,20H,7-9H2,1-2H3,(H,23,24). The van der Waals surface area contributed by atoms with Gasteiger partial charge < -0.3 is 15.3 Å². The number of benzene rings is 1. The topological polar surface area (TPSA) is 90.0 Å². The Kier molecular flexibility index (Phi) is 3.89. The number of carbonyl (C=O) groups is 3. The Bertz CT molecular complexity index is 778. The van der Waals surface area contributed by atoms with E-state index in [1.54, 1.807) is 4.90 Å². The van der Waals surface area contributed by atoms with Crippen molar-refractivity contribution in [3.8, 4) is 0 Å². The molecule has 1 aromatic rings. The van der Waals surface area contributed by atoms with E-state index in [9.17, 15) is 14.4 Å². The van der Waals surface area contributed by atoms with E-state index < -0.39 is 24.6 Å². The Balaban J connectivity index is 1.72. The fraction of sp³-hybridized carbons (Fsp3) is 0.526. The van der Waals surface area contributed by atoms with E-state index in [-0.39, 0.29) is 23.9 Å². The molecule has 26 heavy (non-hydrogen) atoms. The molecule has 0 saturated carbocycles. The highest BCUT2D eigenvalue weighted by molar-refractivity contribution is 6.06. The van der Waals surface area contributed by atoms with Crippen LogP contribution in [0.25, 0.3) is 0 Å². The first-order valence-electron chi connectivity index (χ1n) is 9.09. The Morgan fingerprint density at radius 1 is 1.31 bits per heavy atom. The van der Waals surface area contributed by atoms with Crippen molar-refractivity contribution in [1.29, 1.82) is 0 Å². The molecule has 2 saturated heterocycles. The highest BCUT2D eigenvalue weighted by Crippen LogP contribution is 2.48. The normalized spacial score (nSPS) is 29.5. The molecule has 3 amide bonds. The molecule has 1 aromatic carbocycles. The molecule has 3 aliphatic heterocycles. The maximum absolute atomic E-state index is 12.9. The summed E-state index contributed by atoms with van der Waals surface area (Å²) < 4.78 is 0. The van der Waals surface area contributed by atoms with Gasteiger partial charge in [0, 0.05) is 11.6 Å². The second-order valence-electron chi connectivity index (χ2n) is 7.82. The summed E-state index contributed by atoms with van der Waals surface area (Å²) in [5.41, 5.74) is 2.25. The number of fused-ring (bicyclic) bond motifs is 4. The molecule has 0 bridgehead atoms. The van der Waals surface area contributed by atoms with Crippen LogP contribution in [-0.2, 0) is 9.59 Å². The van der Waals surface area contributed by atoms with E-state index in [0.717, 1.165) is 17.0 Å². The molecule has 3 aliphatic rings. The van der Waals surface area contributed by atoms with Crippen molar-refractivity contribution < 1.29 is 19.5 Å². The number of hydrogen-bond donors (Lipinski definition) is 2. The van der Waals surface area contributed by atoms with Crippen LogP contribution in [0.1, 0.15) is 38.2 Å². The van der Waals surface area contributed by atoms with E-state index in [0.29, 0.717) is 12.3 Å². The number of carboxylic acid groups (broad SMARTS) is 1. The van der Waals surface area contributed by atoms with Crippen LogP contribution < -0.4 is 5.32 Å². The van der Waals surface area contributed by atoms with Crippen molar-refractivity contribution in [2.24, 2.45) is 5.92 Å². The van der Waals surface area contributed by atoms with Crippen molar-refractivity contribution in [2.45, 2.75) is 50.7 Å². The van der Waals surface area contributed by atoms with Gasteiger partial charge >= 0.3 is 12.0 Å². The molecule has 0 spiro atoms. The van der Waals surface area contributed by atoms with Gasteiger partial charge in [0.25, 0.3) is 5.91 Å². The lowest BCUT2D eigenvalue weighted by atomic mass is 9.78. The van der Waals surface area contributed by atoms with Gasteiger partial charge in [-0.3, -0.25) is 14.5 Å². The van der Waals surface area contributed by atoms with E-state index in [1.165, 1.54) is 5.56 Å². The lowest BCUT2D eigenvalue weighted by Crippen LogP contribution is -2.57. The molecule has 7 nitrogen and oxygen atoms in total. The summed E-state index contributed by atoms with van der Waals surface area (Å²) in [6.45, 7) is 3.62. The van der Waals surface area contributed by atoms with Crippen molar-refractivity contribution in [1.82, 2.24) is 9.80 Å². The monoisotopic (exact) mass is 357 g/mol. The number of rotatable bonds is 4. The van der Waals surface area contributed by atoms with Crippen LogP contribution >= 0.6 is 0 Å². The van der Waals surface area contributed by atoms with Gasteiger partial charge in [0.15, 0.2) is 0 Å². The SMILES string of the molecule is CC(C)CC1C2Nc3ccccc3C2CC2C(=O)N(CC(=O)O)C(=O)N21. The number of aliphatic carboxylic acids is 1. The summed E-state index contributed by atoms with van der Waals surface area (Å²) in [7, 11) is 0. The van der Waals surface area contributed by atoms with Crippen LogP contribution in [0.2, 0.25) is 0 Å². The second-order valence-corrected chi connectivity index (χ2v) is 7.82. The summed E-state index contributed by atoms with van der Waals surface area (Å²) in [5, 5.41) is 12.6. The van der Waals surface area contributed by atoms with Gasteiger partial charge in [-0.2, -0.15) is 0 Å². The molecule has 2 N–H and O–H groups in total. The third kappa shape index (κ3) is 2.45. The third-order valence-corrected chi connectivity index (χ3v) is 5.71. The van der Waals surface area contributed by atoms with Crippen LogP contribution in [0.3, 0.4) is 0 Å². The number of hydrogen-bond acceptors (Lipinski definition) is 4. The van der Waals surface area contributed by atoms with Gasteiger partial charge in [0.05, 0.1) is 12.1 Å². The second kappa shape index (κ2) is 6.00. The number of piperidine rings is 1. The summed E-state index contributed by atoms with van der Waals surface area (Å²) >= 11 is 0. The lowest BCUT2D eigenvalue weighted by Gasteiger charge is -2.44. The first-order chi connectivity index (χ1) is 12.4. The molecule has 0 aliphatic carbocycles. The lowest BCUT2D eigenvalue weighted by molar-refractivity contribution is -0.142. The summed E-state index contributed by atoms with van der Waals surface area (Å²) in [6, 6.07) is 6.95. The molecular formula is C19H23N3O4. The molecule has 4 unspecified atom stereocenters. The predicted molar refractivity (Wildman–Crippen MR) is 94.8 cm³/mol. The molecule has 4 atom stereocenters. The Morgan fingerprint density at radius 2 is 2.04 bits per heavy atom. The minimum absolute atomic E-state index is 0.0487. The van der Waals surface area contributed by atoms with Gasteiger partial charge in [0.2, 0.25) is 0 Å². The number of imide groups is 1. The van der Waals surface area contributed by atoms with E-state index in [1.807, 2.05) is 18.2 Å². The molecule has 4 rings (SSSR count). The number of amides is 3. The molecular weight excluding hydrogens is 334 g/mol. The van der Waals surface area contributed by atoms with E-state index in [2.05, 4.69) is 25.2 Å². The Morgan fingerprint density at radius 3 is 2.73 bits per heavy atom.